The highest BCUT2D eigenvalue weighted by molar-refractivity contribution is 5.41. The zero-order valence-electron chi connectivity index (χ0n) is 10.1. The molecule has 0 amide bonds. The molecule has 0 aromatic heterocycles. The lowest BCUT2D eigenvalue weighted by Gasteiger charge is -2.18. The van der Waals surface area contributed by atoms with E-state index in [1.165, 1.54) is 19.2 Å². The van der Waals surface area contributed by atoms with Gasteiger partial charge in [0.1, 0.15) is 12.2 Å². The highest BCUT2D eigenvalue weighted by Crippen LogP contribution is 2.38. The largest absolute Gasteiger partial charge is 0.496 e. The maximum Gasteiger partial charge on any atom is 0.289 e. The number of halogens is 2. The molecule has 0 saturated heterocycles. The molecule has 92 valence electrons. The molecule has 0 fully saturated rings. The van der Waals surface area contributed by atoms with Gasteiger partial charge in [-0.1, -0.05) is 19.9 Å². The molecule has 0 heterocycles. The van der Waals surface area contributed by atoms with Crippen molar-refractivity contribution in [3.8, 4) is 11.8 Å². The molecule has 0 atom stereocenters. The van der Waals surface area contributed by atoms with Gasteiger partial charge in [0.2, 0.25) is 0 Å². The van der Waals surface area contributed by atoms with Crippen molar-refractivity contribution in [2.45, 2.75) is 32.1 Å². The summed E-state index contributed by atoms with van der Waals surface area (Å²) in [7, 11) is 1.35. The predicted molar refractivity (Wildman–Crippen MR) is 61.2 cm³/mol. The van der Waals surface area contributed by atoms with Gasteiger partial charge >= 0.3 is 0 Å². The van der Waals surface area contributed by atoms with E-state index in [0.717, 1.165) is 5.56 Å². The van der Waals surface area contributed by atoms with E-state index in [2.05, 4.69) is 0 Å². The van der Waals surface area contributed by atoms with Gasteiger partial charge < -0.3 is 4.74 Å². The van der Waals surface area contributed by atoms with Crippen LogP contribution in [0.2, 0.25) is 0 Å². The first kappa shape index (κ1) is 13.4. The number of hydrogen-bond donors (Lipinski definition) is 0. The molecule has 0 unspecified atom stereocenters. The molecular formula is C13H15F2NO. The van der Waals surface area contributed by atoms with Gasteiger partial charge in [0.15, 0.2) is 0 Å². The fraction of sp³-hybridized carbons (Fsp3) is 0.462. The Morgan fingerprint density at radius 3 is 2.53 bits per heavy atom. The molecule has 0 saturated carbocycles. The summed E-state index contributed by atoms with van der Waals surface area (Å²) in [4.78, 5) is 0. The second-order valence-corrected chi connectivity index (χ2v) is 4.15. The van der Waals surface area contributed by atoms with E-state index >= 15 is 0 Å². The molecule has 0 N–H and O–H groups in total. The van der Waals surface area contributed by atoms with Crippen LogP contribution in [0, 0.1) is 11.3 Å². The molecule has 0 aliphatic heterocycles. The molecular weight excluding hydrogens is 224 g/mol. The van der Waals surface area contributed by atoms with Crippen molar-refractivity contribution in [3.05, 3.63) is 29.3 Å². The fourth-order valence-corrected chi connectivity index (χ4v) is 1.56. The van der Waals surface area contributed by atoms with Crippen molar-refractivity contribution in [1.82, 2.24) is 0 Å². The average Bonchev–Trinajstić information content (AvgIpc) is 2.28. The average molecular weight is 239 g/mol. The number of rotatable bonds is 4. The maximum absolute atomic E-state index is 13.6. The fourth-order valence-electron chi connectivity index (χ4n) is 1.56. The minimum absolute atomic E-state index is 0.136. The van der Waals surface area contributed by atoms with E-state index in [1.807, 2.05) is 13.8 Å². The second-order valence-electron chi connectivity index (χ2n) is 4.15. The molecule has 0 bridgehead atoms. The van der Waals surface area contributed by atoms with Crippen LogP contribution in [0.3, 0.4) is 0 Å². The first-order valence-electron chi connectivity index (χ1n) is 5.35. The predicted octanol–water partition coefficient (Wildman–Crippen LogP) is 3.82. The van der Waals surface area contributed by atoms with E-state index in [-0.39, 0.29) is 17.2 Å². The molecule has 1 aromatic carbocycles. The summed E-state index contributed by atoms with van der Waals surface area (Å²) in [6.45, 7) is 3.95. The van der Waals surface area contributed by atoms with Crippen molar-refractivity contribution < 1.29 is 13.5 Å². The number of ether oxygens (including phenoxy) is 1. The smallest absolute Gasteiger partial charge is 0.289 e. The van der Waals surface area contributed by atoms with Crippen LogP contribution in [0.25, 0.3) is 0 Å². The molecule has 2 nitrogen and oxygen atoms in total. The van der Waals surface area contributed by atoms with Crippen LogP contribution in [-0.2, 0) is 5.92 Å². The highest BCUT2D eigenvalue weighted by Gasteiger charge is 2.34. The van der Waals surface area contributed by atoms with Gasteiger partial charge in [0, 0.05) is 0 Å². The topological polar surface area (TPSA) is 33.0 Å². The zero-order chi connectivity index (χ0) is 13.1. The molecule has 0 aliphatic carbocycles. The lowest BCUT2D eigenvalue weighted by atomic mass is 9.97. The molecule has 0 radical (unpaired) electrons. The number of hydrogen-bond acceptors (Lipinski definition) is 2. The summed E-state index contributed by atoms with van der Waals surface area (Å²) in [6, 6.07) is 6.08. The van der Waals surface area contributed by atoms with Crippen LogP contribution in [0.15, 0.2) is 18.2 Å². The third kappa shape index (κ3) is 2.94. The van der Waals surface area contributed by atoms with Gasteiger partial charge in [-0.2, -0.15) is 5.26 Å². The van der Waals surface area contributed by atoms with Gasteiger partial charge in [0.05, 0.1) is 18.7 Å². The lowest BCUT2D eigenvalue weighted by molar-refractivity contribution is -0.00129. The van der Waals surface area contributed by atoms with Gasteiger partial charge in [-0.3, -0.25) is 0 Å². The third-order valence-corrected chi connectivity index (χ3v) is 2.59. The number of nitrogens with zero attached hydrogens (tertiary/aromatic N) is 1. The monoisotopic (exact) mass is 239 g/mol. The molecule has 1 aromatic rings. The number of nitriles is 1. The SMILES string of the molecule is COc1cc(C(C)C)ccc1C(F)(F)CC#N. The minimum atomic E-state index is -3.17. The summed E-state index contributed by atoms with van der Waals surface area (Å²) in [5.74, 6) is -2.80. The van der Waals surface area contributed by atoms with Crippen LogP contribution < -0.4 is 4.74 Å². The number of benzene rings is 1. The van der Waals surface area contributed by atoms with Gasteiger partial charge in [0.25, 0.3) is 5.92 Å². The first-order chi connectivity index (χ1) is 7.92. The lowest BCUT2D eigenvalue weighted by Crippen LogP contribution is -2.14. The molecule has 1 rings (SSSR count). The van der Waals surface area contributed by atoms with Gasteiger partial charge in [-0.25, -0.2) is 8.78 Å². The Kier molecular flexibility index (Phi) is 4.06. The summed E-state index contributed by atoms with van der Waals surface area (Å²) in [5.41, 5.74) is 0.698. The highest BCUT2D eigenvalue weighted by atomic mass is 19.3. The van der Waals surface area contributed by atoms with Gasteiger partial charge in [-0.15, -0.1) is 0 Å². The Morgan fingerprint density at radius 1 is 1.41 bits per heavy atom. The maximum atomic E-state index is 13.6. The van der Waals surface area contributed by atoms with E-state index in [4.69, 9.17) is 10.00 Å². The summed E-state index contributed by atoms with van der Waals surface area (Å²) in [5, 5.41) is 8.40. The van der Waals surface area contributed by atoms with Crippen molar-refractivity contribution in [2.75, 3.05) is 7.11 Å². The van der Waals surface area contributed by atoms with Crippen LogP contribution in [0.5, 0.6) is 5.75 Å². The number of alkyl halides is 2. The summed E-state index contributed by atoms with van der Waals surface area (Å²) in [6.07, 6.45) is -0.843. The van der Waals surface area contributed by atoms with E-state index in [9.17, 15) is 8.78 Å². The molecule has 0 spiro atoms. The van der Waals surface area contributed by atoms with Crippen LogP contribution in [0.4, 0.5) is 8.78 Å². The van der Waals surface area contributed by atoms with Crippen LogP contribution >= 0.6 is 0 Å². The normalized spacial score (nSPS) is 11.4. The van der Waals surface area contributed by atoms with Crippen molar-refractivity contribution in [2.24, 2.45) is 0 Å². The Morgan fingerprint density at radius 2 is 2.06 bits per heavy atom. The summed E-state index contributed by atoms with van der Waals surface area (Å²) >= 11 is 0. The van der Waals surface area contributed by atoms with E-state index in [0.29, 0.717) is 0 Å². The first-order valence-corrected chi connectivity index (χ1v) is 5.35. The standard InChI is InChI=1S/C13H15F2NO/c1-9(2)10-4-5-11(12(8-10)17-3)13(14,15)6-7-16/h4-5,8-9H,6H2,1-3H3. The van der Waals surface area contributed by atoms with Crippen LogP contribution in [-0.4, -0.2) is 7.11 Å². The third-order valence-electron chi connectivity index (χ3n) is 2.59. The minimum Gasteiger partial charge on any atom is -0.496 e. The van der Waals surface area contributed by atoms with Crippen molar-refractivity contribution in [1.29, 1.82) is 5.26 Å². The van der Waals surface area contributed by atoms with Crippen LogP contribution in [0.1, 0.15) is 37.3 Å². The Labute approximate surface area is 99.8 Å². The van der Waals surface area contributed by atoms with Crippen molar-refractivity contribution >= 4 is 0 Å². The molecule has 4 heteroatoms. The summed E-state index contributed by atoms with van der Waals surface area (Å²) < 4.78 is 32.2. The molecule has 0 aliphatic rings. The Hall–Kier alpha value is -1.63. The Bertz CT molecular complexity index is 436. The quantitative estimate of drug-likeness (QED) is 0.800. The molecule has 17 heavy (non-hydrogen) atoms. The van der Waals surface area contributed by atoms with Crippen molar-refractivity contribution in [3.63, 3.8) is 0 Å². The number of methoxy groups -OCH3 is 1. The van der Waals surface area contributed by atoms with E-state index < -0.39 is 12.3 Å². The Balaban J connectivity index is 3.22. The second kappa shape index (κ2) is 5.13. The zero-order valence-corrected chi connectivity index (χ0v) is 10.1. The van der Waals surface area contributed by atoms with E-state index in [1.54, 1.807) is 12.1 Å². The van der Waals surface area contributed by atoms with Gasteiger partial charge in [-0.05, 0) is 23.6 Å².